The summed E-state index contributed by atoms with van der Waals surface area (Å²) in [5.74, 6) is 0.457. The van der Waals surface area contributed by atoms with Gasteiger partial charge in [0.25, 0.3) is 5.91 Å². The average Bonchev–Trinajstić information content (AvgIpc) is 2.66. The maximum atomic E-state index is 13.2. The summed E-state index contributed by atoms with van der Waals surface area (Å²) in [7, 11) is 0. The molecule has 0 saturated carbocycles. The van der Waals surface area contributed by atoms with Crippen molar-refractivity contribution in [3.8, 4) is 11.8 Å². The first kappa shape index (κ1) is 20.0. The van der Waals surface area contributed by atoms with E-state index in [1.807, 2.05) is 42.5 Å². The van der Waals surface area contributed by atoms with Gasteiger partial charge in [-0.2, -0.15) is 5.26 Å². The molecule has 0 spiro atoms. The Labute approximate surface area is 163 Å². The molecule has 136 valence electrons. The first-order chi connectivity index (χ1) is 12.7. The predicted octanol–water partition coefficient (Wildman–Crippen LogP) is 5.18. The van der Waals surface area contributed by atoms with Gasteiger partial charge in [0, 0.05) is 17.6 Å². The quantitative estimate of drug-likeness (QED) is 0.530. The van der Waals surface area contributed by atoms with E-state index < -0.39 is 0 Å². The highest BCUT2D eigenvalue weighted by molar-refractivity contribution is 9.10. The Morgan fingerprint density at radius 1 is 1.23 bits per heavy atom. The first-order valence-electron chi connectivity index (χ1n) is 8.78. The van der Waals surface area contributed by atoms with E-state index in [4.69, 9.17) is 10.00 Å². The third-order valence-corrected chi connectivity index (χ3v) is 4.42. The van der Waals surface area contributed by atoms with Crippen molar-refractivity contribution in [2.45, 2.75) is 32.7 Å². The second kappa shape index (κ2) is 10.6. The van der Waals surface area contributed by atoms with Gasteiger partial charge in [-0.3, -0.25) is 4.79 Å². The van der Waals surface area contributed by atoms with E-state index in [1.165, 1.54) is 0 Å². The van der Waals surface area contributed by atoms with Gasteiger partial charge in [-0.25, -0.2) is 0 Å². The largest absolute Gasteiger partial charge is 0.493 e. The van der Waals surface area contributed by atoms with Crippen molar-refractivity contribution >= 4 is 21.8 Å². The van der Waals surface area contributed by atoms with E-state index in [-0.39, 0.29) is 5.91 Å². The SMILES string of the molecule is CCCCOc1ccc(Br)cc1C(=O)N(CCC#N)Cc1ccccc1. The molecular formula is C21H23BrN2O2. The van der Waals surface area contributed by atoms with Gasteiger partial charge < -0.3 is 9.64 Å². The Morgan fingerprint density at radius 3 is 2.69 bits per heavy atom. The fraction of sp³-hybridized carbons (Fsp3) is 0.333. The fourth-order valence-corrected chi connectivity index (χ4v) is 2.89. The summed E-state index contributed by atoms with van der Waals surface area (Å²) in [6.07, 6.45) is 2.26. The molecule has 0 fully saturated rings. The van der Waals surface area contributed by atoms with E-state index >= 15 is 0 Å². The molecule has 2 aromatic rings. The van der Waals surface area contributed by atoms with Gasteiger partial charge in [-0.15, -0.1) is 0 Å². The van der Waals surface area contributed by atoms with Crippen LogP contribution in [0, 0.1) is 11.3 Å². The minimum Gasteiger partial charge on any atom is -0.493 e. The summed E-state index contributed by atoms with van der Waals surface area (Å²) >= 11 is 3.44. The predicted molar refractivity (Wildman–Crippen MR) is 106 cm³/mol. The van der Waals surface area contributed by atoms with Crippen LogP contribution in [0.25, 0.3) is 0 Å². The summed E-state index contributed by atoms with van der Waals surface area (Å²) in [6.45, 7) is 3.52. The number of hydrogen-bond acceptors (Lipinski definition) is 3. The Hall–Kier alpha value is -2.32. The molecule has 0 aliphatic heterocycles. The highest BCUT2D eigenvalue weighted by atomic mass is 79.9. The van der Waals surface area contributed by atoms with Crippen LogP contribution >= 0.6 is 15.9 Å². The van der Waals surface area contributed by atoms with Crippen LogP contribution in [0.15, 0.2) is 53.0 Å². The lowest BCUT2D eigenvalue weighted by molar-refractivity contribution is 0.0742. The Bertz CT molecular complexity index is 756. The van der Waals surface area contributed by atoms with E-state index in [9.17, 15) is 4.79 Å². The Kier molecular flexibility index (Phi) is 8.17. The highest BCUT2D eigenvalue weighted by Crippen LogP contribution is 2.26. The minimum atomic E-state index is -0.128. The lowest BCUT2D eigenvalue weighted by Gasteiger charge is -2.23. The van der Waals surface area contributed by atoms with Crippen LogP contribution in [-0.2, 0) is 6.54 Å². The minimum absolute atomic E-state index is 0.128. The number of amides is 1. The molecule has 0 aromatic heterocycles. The third-order valence-electron chi connectivity index (χ3n) is 3.92. The topological polar surface area (TPSA) is 53.3 Å². The van der Waals surface area contributed by atoms with Gasteiger partial charge in [0.05, 0.1) is 24.7 Å². The zero-order valence-electron chi connectivity index (χ0n) is 15.0. The van der Waals surface area contributed by atoms with Crippen LogP contribution in [-0.4, -0.2) is 24.0 Å². The molecule has 0 saturated heterocycles. The maximum Gasteiger partial charge on any atom is 0.257 e. The molecule has 0 atom stereocenters. The summed E-state index contributed by atoms with van der Waals surface area (Å²) in [5.41, 5.74) is 1.55. The fourth-order valence-electron chi connectivity index (χ4n) is 2.53. The molecule has 5 heteroatoms. The Morgan fingerprint density at radius 2 is 2.00 bits per heavy atom. The smallest absolute Gasteiger partial charge is 0.257 e. The average molecular weight is 415 g/mol. The molecule has 4 nitrogen and oxygen atoms in total. The van der Waals surface area contributed by atoms with Crippen LogP contribution in [0.3, 0.4) is 0 Å². The number of rotatable bonds is 9. The first-order valence-corrected chi connectivity index (χ1v) is 9.57. The number of carbonyl (C=O) groups is 1. The molecular weight excluding hydrogens is 392 g/mol. The molecule has 0 radical (unpaired) electrons. The van der Waals surface area contributed by atoms with E-state index in [2.05, 4.69) is 28.9 Å². The third kappa shape index (κ3) is 5.89. The molecule has 0 unspecified atom stereocenters. The van der Waals surface area contributed by atoms with Gasteiger partial charge in [0.15, 0.2) is 0 Å². The van der Waals surface area contributed by atoms with Gasteiger partial charge in [0.1, 0.15) is 5.75 Å². The van der Waals surface area contributed by atoms with Crippen LogP contribution in [0.1, 0.15) is 42.1 Å². The number of ether oxygens (including phenoxy) is 1. The van der Waals surface area contributed by atoms with Crippen LogP contribution in [0.2, 0.25) is 0 Å². The molecule has 26 heavy (non-hydrogen) atoms. The van der Waals surface area contributed by atoms with Crippen LogP contribution in [0.5, 0.6) is 5.75 Å². The number of halogens is 1. The van der Waals surface area contributed by atoms with Crippen molar-refractivity contribution in [2.24, 2.45) is 0 Å². The summed E-state index contributed by atoms with van der Waals surface area (Å²) in [5, 5.41) is 8.96. The standard InChI is InChI=1S/C21H23BrN2O2/c1-2-3-14-26-20-11-10-18(22)15-19(20)21(25)24(13-7-12-23)16-17-8-5-4-6-9-17/h4-6,8-11,15H,2-3,7,13-14,16H2,1H3. The van der Waals surface area contributed by atoms with Gasteiger partial charge >= 0.3 is 0 Å². The van der Waals surface area contributed by atoms with E-state index in [0.717, 1.165) is 22.9 Å². The van der Waals surface area contributed by atoms with E-state index in [1.54, 1.807) is 11.0 Å². The van der Waals surface area contributed by atoms with Gasteiger partial charge in [0.2, 0.25) is 0 Å². The molecule has 0 aliphatic carbocycles. The summed E-state index contributed by atoms with van der Waals surface area (Å²) < 4.78 is 6.65. The zero-order chi connectivity index (χ0) is 18.8. The molecule has 0 aliphatic rings. The number of hydrogen-bond donors (Lipinski definition) is 0. The second-order valence-electron chi connectivity index (χ2n) is 5.96. The van der Waals surface area contributed by atoms with Crippen LogP contribution < -0.4 is 4.74 Å². The van der Waals surface area contributed by atoms with Crippen molar-refractivity contribution in [1.82, 2.24) is 4.90 Å². The second-order valence-corrected chi connectivity index (χ2v) is 6.88. The molecule has 2 rings (SSSR count). The molecule has 2 aromatic carbocycles. The van der Waals surface area contributed by atoms with Crippen molar-refractivity contribution in [2.75, 3.05) is 13.2 Å². The van der Waals surface area contributed by atoms with Crippen LogP contribution in [0.4, 0.5) is 0 Å². The molecule has 0 heterocycles. The van der Waals surface area contributed by atoms with Crippen molar-refractivity contribution in [3.63, 3.8) is 0 Å². The van der Waals surface area contributed by atoms with Gasteiger partial charge in [-0.1, -0.05) is 59.6 Å². The number of nitriles is 1. The molecule has 0 bridgehead atoms. The zero-order valence-corrected chi connectivity index (χ0v) is 16.5. The number of benzene rings is 2. The monoisotopic (exact) mass is 414 g/mol. The molecule has 0 N–H and O–H groups in total. The van der Waals surface area contributed by atoms with E-state index in [0.29, 0.717) is 37.4 Å². The number of nitrogens with zero attached hydrogens (tertiary/aromatic N) is 2. The highest BCUT2D eigenvalue weighted by Gasteiger charge is 2.20. The molecule has 1 amide bonds. The lowest BCUT2D eigenvalue weighted by atomic mass is 10.1. The van der Waals surface area contributed by atoms with Crippen molar-refractivity contribution in [3.05, 3.63) is 64.1 Å². The summed E-state index contributed by atoms with van der Waals surface area (Å²) in [4.78, 5) is 14.9. The summed E-state index contributed by atoms with van der Waals surface area (Å²) in [6, 6.07) is 17.4. The normalized spacial score (nSPS) is 10.2. The number of unbranched alkanes of at least 4 members (excludes halogenated alkanes) is 1. The number of carbonyl (C=O) groups excluding carboxylic acids is 1. The maximum absolute atomic E-state index is 13.2. The van der Waals surface area contributed by atoms with Gasteiger partial charge in [-0.05, 0) is 30.2 Å². The Balaban J connectivity index is 2.26. The van der Waals surface area contributed by atoms with Crippen molar-refractivity contribution in [1.29, 1.82) is 5.26 Å². The lowest BCUT2D eigenvalue weighted by Crippen LogP contribution is -2.31. The van der Waals surface area contributed by atoms with Crippen molar-refractivity contribution < 1.29 is 9.53 Å².